The summed E-state index contributed by atoms with van der Waals surface area (Å²) in [5.41, 5.74) is -2.40. The third kappa shape index (κ3) is 3.11. The molecule has 2 heterocycles. The van der Waals surface area contributed by atoms with E-state index < -0.39 is 17.5 Å². The van der Waals surface area contributed by atoms with Gasteiger partial charge in [-0.2, -0.15) is 0 Å². The van der Waals surface area contributed by atoms with Crippen LogP contribution in [0.1, 0.15) is 70.1 Å². The molecule has 3 aliphatic carbocycles. The van der Waals surface area contributed by atoms with Crippen LogP contribution in [0.4, 0.5) is 4.39 Å². The maximum absolute atomic E-state index is 16.4. The van der Waals surface area contributed by atoms with Gasteiger partial charge in [0.05, 0.1) is 6.54 Å². The van der Waals surface area contributed by atoms with Crippen molar-refractivity contribution in [1.29, 1.82) is 0 Å². The largest absolute Gasteiger partial charge is 0.348 e. The van der Waals surface area contributed by atoms with E-state index in [2.05, 4.69) is 19.2 Å². The summed E-state index contributed by atoms with van der Waals surface area (Å²) in [6.07, 6.45) is 8.29. The van der Waals surface area contributed by atoms with Crippen molar-refractivity contribution in [2.24, 2.45) is 28.6 Å². The van der Waals surface area contributed by atoms with Gasteiger partial charge in [-0.05, 0) is 78.6 Å². The Morgan fingerprint density at radius 2 is 2.03 bits per heavy atom. The molecular weight excluding hydrogens is 411 g/mol. The molecule has 170 valence electrons. The van der Waals surface area contributed by atoms with Crippen molar-refractivity contribution in [2.45, 2.75) is 83.5 Å². The zero-order valence-corrected chi connectivity index (χ0v) is 19.8. The quantitative estimate of drug-likeness (QED) is 0.669. The number of alkyl halides is 1. The van der Waals surface area contributed by atoms with E-state index in [4.69, 9.17) is 0 Å². The molecule has 2 amide bonds. The molecule has 0 radical (unpaired) electrons. The Morgan fingerprint density at radius 3 is 2.77 bits per heavy atom. The van der Waals surface area contributed by atoms with E-state index in [9.17, 15) is 9.59 Å². The predicted octanol–water partition coefficient (Wildman–Crippen LogP) is 4.94. The van der Waals surface area contributed by atoms with Crippen LogP contribution in [0.25, 0.3) is 0 Å². The molecule has 0 spiro atoms. The molecule has 6 heteroatoms. The third-order valence-electron chi connectivity index (χ3n) is 9.71. The minimum Gasteiger partial charge on any atom is -0.348 e. The fourth-order valence-corrected chi connectivity index (χ4v) is 8.88. The number of halogens is 1. The van der Waals surface area contributed by atoms with Crippen LogP contribution >= 0.6 is 11.3 Å². The number of fused-ring (bicyclic) bond motifs is 5. The molecule has 5 rings (SSSR count). The summed E-state index contributed by atoms with van der Waals surface area (Å²) in [6.45, 7) is 4.91. The normalized spacial score (nSPS) is 44.4. The zero-order valence-electron chi connectivity index (χ0n) is 19.0. The van der Waals surface area contributed by atoms with Crippen molar-refractivity contribution in [3.05, 3.63) is 22.4 Å². The summed E-state index contributed by atoms with van der Waals surface area (Å²) in [6, 6.07) is 3.85. The maximum Gasteiger partial charge on any atom is 0.270 e. The Morgan fingerprint density at radius 1 is 1.23 bits per heavy atom. The standard InChI is InChI=1S/C25H35FN2O2S/c1-23-11-4-7-18(23)17-8-9-20-24(2,19(17)10-12-23)15-25(26,22(30)28(20)3)21(29)27-14-16-6-5-13-31-16/h5-6,13,17-20H,4,7-12,14-15H2,1-3H3,(H,27,29)/t17-,18-,19+,20?,23-,24+,25?/m0/s1. The van der Waals surface area contributed by atoms with Crippen LogP contribution in [0.2, 0.25) is 0 Å². The summed E-state index contributed by atoms with van der Waals surface area (Å²) >= 11 is 1.52. The van der Waals surface area contributed by atoms with E-state index in [1.54, 1.807) is 11.9 Å². The molecule has 3 saturated carbocycles. The number of hydrogen-bond donors (Lipinski definition) is 1. The number of likely N-dealkylation sites (tertiary alicyclic amines) is 1. The third-order valence-corrected chi connectivity index (χ3v) is 10.6. The summed E-state index contributed by atoms with van der Waals surface area (Å²) < 4.78 is 16.4. The smallest absolute Gasteiger partial charge is 0.270 e. The molecule has 1 aromatic rings. The Kier molecular flexibility index (Phi) is 5.04. The lowest BCUT2D eigenvalue weighted by Gasteiger charge is -2.62. The second-order valence-electron chi connectivity index (χ2n) is 11.2. The molecule has 1 aromatic heterocycles. The Bertz CT molecular complexity index is 875. The van der Waals surface area contributed by atoms with Gasteiger partial charge in [0.1, 0.15) is 0 Å². The number of carbonyl (C=O) groups is 2. The van der Waals surface area contributed by atoms with Crippen molar-refractivity contribution >= 4 is 23.2 Å². The van der Waals surface area contributed by atoms with Crippen LogP contribution in [0.15, 0.2) is 17.5 Å². The van der Waals surface area contributed by atoms with Gasteiger partial charge in [0, 0.05) is 24.4 Å². The Labute approximate surface area is 189 Å². The summed E-state index contributed by atoms with van der Waals surface area (Å²) in [5.74, 6) is 0.286. The van der Waals surface area contributed by atoms with E-state index in [1.807, 2.05) is 17.5 Å². The summed E-state index contributed by atoms with van der Waals surface area (Å²) in [7, 11) is 1.72. The number of thiophene rings is 1. The van der Waals surface area contributed by atoms with Crippen LogP contribution < -0.4 is 5.32 Å². The second-order valence-corrected chi connectivity index (χ2v) is 12.2. The first kappa shape index (κ1) is 21.4. The molecule has 1 saturated heterocycles. The number of amides is 2. The maximum atomic E-state index is 16.4. The highest BCUT2D eigenvalue weighted by Gasteiger charge is 2.66. The predicted molar refractivity (Wildman–Crippen MR) is 120 cm³/mol. The first-order valence-electron chi connectivity index (χ1n) is 12.0. The molecule has 4 fully saturated rings. The van der Waals surface area contributed by atoms with Gasteiger partial charge in [0.25, 0.3) is 17.5 Å². The summed E-state index contributed by atoms with van der Waals surface area (Å²) in [4.78, 5) is 28.7. The topological polar surface area (TPSA) is 49.4 Å². The highest BCUT2D eigenvalue weighted by Crippen LogP contribution is 2.65. The molecule has 0 bridgehead atoms. The van der Waals surface area contributed by atoms with E-state index >= 15 is 4.39 Å². The fourth-order valence-electron chi connectivity index (χ4n) is 8.23. The van der Waals surface area contributed by atoms with Crippen molar-refractivity contribution in [3.8, 4) is 0 Å². The van der Waals surface area contributed by atoms with Gasteiger partial charge < -0.3 is 10.2 Å². The minimum atomic E-state index is -2.48. The highest BCUT2D eigenvalue weighted by molar-refractivity contribution is 7.09. The molecule has 4 aliphatic rings. The van der Waals surface area contributed by atoms with Crippen LogP contribution in [0, 0.1) is 28.6 Å². The van der Waals surface area contributed by atoms with Gasteiger partial charge in [-0.25, -0.2) is 4.39 Å². The van der Waals surface area contributed by atoms with E-state index in [1.165, 1.54) is 37.0 Å². The van der Waals surface area contributed by atoms with Crippen LogP contribution in [0.3, 0.4) is 0 Å². The SMILES string of the molecule is CN1C(=O)C(F)(C(=O)NCc2cccs2)C[C@@]2(C)C1CC[C@@H]1[C@H]2CC[C@]2(C)CCC[C@@H]12. The molecule has 2 unspecified atom stereocenters. The van der Waals surface area contributed by atoms with E-state index in [0.717, 1.165) is 24.1 Å². The van der Waals surface area contributed by atoms with Crippen LogP contribution in [0.5, 0.6) is 0 Å². The van der Waals surface area contributed by atoms with Crippen molar-refractivity contribution in [2.75, 3.05) is 7.05 Å². The molecule has 0 aromatic carbocycles. The van der Waals surface area contributed by atoms with E-state index in [0.29, 0.717) is 23.2 Å². The number of nitrogens with zero attached hydrogens (tertiary/aromatic N) is 1. The number of carbonyl (C=O) groups excluding carboxylic acids is 2. The van der Waals surface area contributed by atoms with Gasteiger partial charge in [-0.1, -0.05) is 26.3 Å². The van der Waals surface area contributed by atoms with Gasteiger partial charge in [-0.3, -0.25) is 9.59 Å². The second kappa shape index (κ2) is 7.29. The average molecular weight is 447 g/mol. The van der Waals surface area contributed by atoms with Gasteiger partial charge in [0.2, 0.25) is 0 Å². The number of rotatable bonds is 3. The Balaban J connectivity index is 1.42. The molecule has 31 heavy (non-hydrogen) atoms. The van der Waals surface area contributed by atoms with Crippen molar-refractivity contribution in [1.82, 2.24) is 10.2 Å². The molecule has 1 aliphatic heterocycles. The van der Waals surface area contributed by atoms with E-state index in [-0.39, 0.29) is 24.4 Å². The molecule has 1 N–H and O–H groups in total. The van der Waals surface area contributed by atoms with Gasteiger partial charge in [-0.15, -0.1) is 11.3 Å². The van der Waals surface area contributed by atoms with Crippen LogP contribution in [-0.2, 0) is 16.1 Å². The lowest BCUT2D eigenvalue weighted by Crippen LogP contribution is -2.70. The monoisotopic (exact) mass is 446 g/mol. The lowest BCUT2D eigenvalue weighted by molar-refractivity contribution is -0.185. The molecule has 7 atom stereocenters. The lowest BCUT2D eigenvalue weighted by atomic mass is 9.46. The Hall–Kier alpha value is -1.43. The van der Waals surface area contributed by atoms with Crippen LogP contribution in [-0.4, -0.2) is 35.5 Å². The minimum absolute atomic E-state index is 0.0225. The van der Waals surface area contributed by atoms with Gasteiger partial charge >= 0.3 is 0 Å². The highest BCUT2D eigenvalue weighted by atomic mass is 32.1. The average Bonchev–Trinajstić information content (AvgIpc) is 3.39. The van der Waals surface area contributed by atoms with Crippen molar-refractivity contribution in [3.63, 3.8) is 0 Å². The first-order chi connectivity index (χ1) is 14.7. The fraction of sp³-hybridized carbons (Fsp3) is 0.760. The zero-order chi connectivity index (χ0) is 22.0. The first-order valence-corrected chi connectivity index (χ1v) is 12.8. The van der Waals surface area contributed by atoms with Gasteiger partial charge in [0.15, 0.2) is 0 Å². The number of hydrogen-bond acceptors (Lipinski definition) is 3. The number of piperidine rings is 1. The molecular formula is C25H35FN2O2S. The van der Waals surface area contributed by atoms with Crippen molar-refractivity contribution < 1.29 is 14.0 Å². The summed E-state index contributed by atoms with van der Waals surface area (Å²) in [5, 5.41) is 4.65. The number of nitrogens with one attached hydrogen (secondary N) is 1. The molecule has 4 nitrogen and oxygen atoms in total.